The Balaban J connectivity index is 1.68. The molecule has 108 valence electrons. The number of thiazole rings is 1. The minimum absolute atomic E-state index is 0.278. The van der Waals surface area contributed by atoms with E-state index >= 15 is 0 Å². The second-order valence-electron chi connectivity index (χ2n) is 5.15. The fourth-order valence-corrected chi connectivity index (χ4v) is 3.16. The maximum absolute atomic E-state index is 4.50. The second kappa shape index (κ2) is 6.33. The van der Waals surface area contributed by atoms with Gasteiger partial charge >= 0.3 is 0 Å². The van der Waals surface area contributed by atoms with Gasteiger partial charge in [0.25, 0.3) is 0 Å². The molecule has 2 aromatic heterocycles. The van der Waals surface area contributed by atoms with E-state index in [0.29, 0.717) is 0 Å². The fraction of sp³-hybridized carbons (Fsp3) is 0.294. The van der Waals surface area contributed by atoms with Crippen LogP contribution in [0.15, 0.2) is 42.7 Å². The highest BCUT2D eigenvalue weighted by molar-refractivity contribution is 7.11. The molecule has 1 unspecified atom stereocenters. The molecular formula is C17H19N3S. The molecule has 0 fully saturated rings. The first kappa shape index (κ1) is 14.2. The van der Waals surface area contributed by atoms with Crippen LogP contribution in [0.25, 0.3) is 10.9 Å². The first-order valence-electron chi connectivity index (χ1n) is 7.28. The molecule has 0 spiro atoms. The van der Waals surface area contributed by atoms with Crippen molar-refractivity contribution in [1.82, 2.24) is 15.3 Å². The number of hydrogen-bond donors (Lipinski definition) is 1. The summed E-state index contributed by atoms with van der Waals surface area (Å²) in [5.41, 5.74) is 2.32. The van der Waals surface area contributed by atoms with Crippen molar-refractivity contribution in [3.63, 3.8) is 0 Å². The molecule has 1 N–H and O–H groups in total. The molecule has 2 heterocycles. The quantitative estimate of drug-likeness (QED) is 0.770. The molecule has 3 aromatic rings. The van der Waals surface area contributed by atoms with Crippen LogP contribution in [0.5, 0.6) is 0 Å². The molecule has 0 radical (unpaired) electrons. The van der Waals surface area contributed by atoms with Crippen molar-refractivity contribution >= 4 is 22.2 Å². The van der Waals surface area contributed by atoms with Gasteiger partial charge in [0.05, 0.1) is 11.6 Å². The van der Waals surface area contributed by atoms with Crippen LogP contribution in [-0.4, -0.2) is 9.97 Å². The number of aryl methyl sites for hydroxylation is 1. The number of fused-ring (bicyclic) bond motifs is 1. The zero-order valence-electron chi connectivity index (χ0n) is 12.3. The van der Waals surface area contributed by atoms with Crippen LogP contribution in [0, 0.1) is 0 Å². The van der Waals surface area contributed by atoms with Gasteiger partial charge in [0.15, 0.2) is 0 Å². The number of pyridine rings is 1. The highest BCUT2D eigenvalue weighted by atomic mass is 32.1. The van der Waals surface area contributed by atoms with Crippen molar-refractivity contribution < 1.29 is 0 Å². The van der Waals surface area contributed by atoms with Gasteiger partial charge in [-0.15, -0.1) is 11.3 Å². The largest absolute Gasteiger partial charge is 0.304 e. The average molecular weight is 297 g/mol. The first-order chi connectivity index (χ1) is 10.3. The predicted molar refractivity (Wildman–Crippen MR) is 88.5 cm³/mol. The van der Waals surface area contributed by atoms with Gasteiger partial charge in [0.1, 0.15) is 5.01 Å². The molecule has 3 rings (SSSR count). The Bertz CT molecular complexity index is 735. The lowest BCUT2D eigenvalue weighted by Gasteiger charge is -2.11. The summed E-state index contributed by atoms with van der Waals surface area (Å²) < 4.78 is 0. The Hall–Kier alpha value is -1.78. The molecule has 1 atom stereocenters. The molecule has 0 aliphatic carbocycles. The minimum Gasteiger partial charge on any atom is -0.304 e. The van der Waals surface area contributed by atoms with Crippen molar-refractivity contribution in [2.24, 2.45) is 0 Å². The van der Waals surface area contributed by atoms with Crippen molar-refractivity contribution in [1.29, 1.82) is 0 Å². The number of benzene rings is 1. The Morgan fingerprint density at radius 3 is 2.95 bits per heavy atom. The predicted octanol–water partition coefficient (Wildman–Crippen LogP) is 4.10. The molecular weight excluding hydrogens is 278 g/mol. The first-order valence-corrected chi connectivity index (χ1v) is 8.09. The standard InChI is InChI=1S/C17H19N3S/c1-3-15-11-20-17(21-15)12(2)19-10-13-6-7-16-14(9-13)5-4-8-18-16/h4-9,11-12,19H,3,10H2,1-2H3. The van der Waals surface area contributed by atoms with Crippen LogP contribution in [0.3, 0.4) is 0 Å². The Morgan fingerprint density at radius 2 is 2.14 bits per heavy atom. The molecule has 0 amide bonds. The molecule has 3 nitrogen and oxygen atoms in total. The van der Waals surface area contributed by atoms with E-state index in [2.05, 4.69) is 53.4 Å². The van der Waals surface area contributed by atoms with Gasteiger partial charge in [0.2, 0.25) is 0 Å². The topological polar surface area (TPSA) is 37.8 Å². The van der Waals surface area contributed by atoms with Gasteiger partial charge in [-0.1, -0.05) is 19.1 Å². The van der Waals surface area contributed by atoms with Crippen LogP contribution >= 0.6 is 11.3 Å². The molecule has 21 heavy (non-hydrogen) atoms. The van der Waals surface area contributed by atoms with Crippen LogP contribution in [0.4, 0.5) is 0 Å². The Labute approximate surface area is 129 Å². The van der Waals surface area contributed by atoms with Crippen molar-refractivity contribution in [2.45, 2.75) is 32.9 Å². The smallest absolute Gasteiger partial charge is 0.109 e. The molecule has 0 aliphatic heterocycles. The SMILES string of the molecule is CCc1cnc(C(C)NCc2ccc3ncccc3c2)s1. The van der Waals surface area contributed by atoms with E-state index < -0.39 is 0 Å². The fourth-order valence-electron chi connectivity index (χ4n) is 2.28. The third kappa shape index (κ3) is 3.28. The summed E-state index contributed by atoms with van der Waals surface area (Å²) in [6.07, 6.45) is 4.87. The van der Waals surface area contributed by atoms with E-state index in [4.69, 9.17) is 0 Å². The van der Waals surface area contributed by atoms with Crippen molar-refractivity contribution in [3.8, 4) is 0 Å². The summed E-state index contributed by atoms with van der Waals surface area (Å²) in [6.45, 7) is 5.17. The van der Waals surface area contributed by atoms with Crippen molar-refractivity contribution in [2.75, 3.05) is 0 Å². The average Bonchev–Trinajstić information content (AvgIpc) is 3.01. The van der Waals surface area contributed by atoms with Gasteiger partial charge in [-0.3, -0.25) is 4.98 Å². The van der Waals surface area contributed by atoms with E-state index in [1.165, 1.54) is 15.8 Å². The monoisotopic (exact) mass is 297 g/mol. The van der Waals surface area contributed by atoms with E-state index in [-0.39, 0.29) is 6.04 Å². The number of aromatic nitrogens is 2. The minimum atomic E-state index is 0.278. The van der Waals surface area contributed by atoms with Crippen molar-refractivity contribution in [3.05, 3.63) is 58.2 Å². The highest BCUT2D eigenvalue weighted by Gasteiger charge is 2.09. The molecule has 0 aliphatic rings. The van der Waals surface area contributed by atoms with Gasteiger partial charge in [0, 0.05) is 29.2 Å². The van der Waals surface area contributed by atoms with Crippen LogP contribution in [-0.2, 0) is 13.0 Å². The molecule has 0 bridgehead atoms. The highest BCUT2D eigenvalue weighted by Crippen LogP contribution is 2.21. The lowest BCUT2D eigenvalue weighted by Crippen LogP contribution is -2.17. The normalized spacial score (nSPS) is 12.7. The number of nitrogens with one attached hydrogen (secondary N) is 1. The summed E-state index contributed by atoms with van der Waals surface area (Å²) >= 11 is 1.80. The van der Waals surface area contributed by atoms with E-state index in [1.807, 2.05) is 18.5 Å². The van der Waals surface area contributed by atoms with E-state index in [0.717, 1.165) is 23.5 Å². The number of hydrogen-bond acceptors (Lipinski definition) is 4. The van der Waals surface area contributed by atoms with Gasteiger partial charge in [-0.25, -0.2) is 4.98 Å². The van der Waals surface area contributed by atoms with Gasteiger partial charge < -0.3 is 5.32 Å². The second-order valence-corrected chi connectivity index (χ2v) is 6.30. The third-order valence-corrected chi connectivity index (χ3v) is 4.89. The molecule has 4 heteroatoms. The zero-order valence-corrected chi connectivity index (χ0v) is 13.2. The van der Waals surface area contributed by atoms with E-state index in [9.17, 15) is 0 Å². The van der Waals surface area contributed by atoms with Crippen LogP contribution in [0.2, 0.25) is 0 Å². The summed E-state index contributed by atoms with van der Waals surface area (Å²) in [6, 6.07) is 10.8. The molecule has 0 saturated carbocycles. The summed E-state index contributed by atoms with van der Waals surface area (Å²) in [5, 5.41) is 5.89. The van der Waals surface area contributed by atoms with Crippen LogP contribution < -0.4 is 5.32 Å². The van der Waals surface area contributed by atoms with Gasteiger partial charge in [-0.2, -0.15) is 0 Å². The lowest BCUT2D eigenvalue weighted by molar-refractivity contribution is 0.572. The number of rotatable bonds is 5. The maximum Gasteiger partial charge on any atom is 0.109 e. The zero-order chi connectivity index (χ0) is 14.7. The van der Waals surface area contributed by atoms with E-state index in [1.54, 1.807) is 11.3 Å². The molecule has 1 aromatic carbocycles. The summed E-state index contributed by atoms with van der Waals surface area (Å²) in [4.78, 5) is 10.2. The number of nitrogens with zero attached hydrogens (tertiary/aromatic N) is 2. The maximum atomic E-state index is 4.50. The third-order valence-electron chi connectivity index (χ3n) is 3.57. The Kier molecular flexibility index (Phi) is 4.27. The lowest BCUT2D eigenvalue weighted by atomic mass is 10.1. The summed E-state index contributed by atoms with van der Waals surface area (Å²) in [5.74, 6) is 0. The molecule has 0 saturated heterocycles. The summed E-state index contributed by atoms with van der Waals surface area (Å²) in [7, 11) is 0. The Morgan fingerprint density at radius 1 is 1.24 bits per heavy atom. The van der Waals surface area contributed by atoms with Crippen LogP contribution in [0.1, 0.15) is 35.3 Å². The van der Waals surface area contributed by atoms with Gasteiger partial charge in [-0.05, 0) is 37.1 Å².